The normalized spacial score (nSPS) is 10.9. The summed E-state index contributed by atoms with van der Waals surface area (Å²) >= 11 is 3.23. The van der Waals surface area contributed by atoms with Crippen LogP contribution in [-0.2, 0) is 11.3 Å². The lowest BCUT2D eigenvalue weighted by molar-refractivity contribution is -0.121. The highest BCUT2D eigenvalue weighted by molar-refractivity contribution is 7.99. The summed E-state index contributed by atoms with van der Waals surface area (Å²) in [5, 5.41) is 10.7. The van der Waals surface area contributed by atoms with E-state index in [4.69, 9.17) is 0 Å². The van der Waals surface area contributed by atoms with Crippen molar-refractivity contribution < 1.29 is 4.79 Å². The summed E-state index contributed by atoms with van der Waals surface area (Å²) in [6, 6.07) is 21.3. The highest BCUT2D eigenvalue weighted by Crippen LogP contribution is 2.28. The van der Waals surface area contributed by atoms with E-state index in [-0.39, 0.29) is 18.0 Å². The number of carbonyl (C=O) groups excluding carboxylic acids is 1. The minimum absolute atomic E-state index is 0.0992. The predicted octanol–water partition coefficient (Wildman–Crippen LogP) is 4.03. The molecule has 29 heavy (non-hydrogen) atoms. The van der Waals surface area contributed by atoms with Gasteiger partial charge in [-0.3, -0.25) is 9.59 Å². The molecule has 0 saturated heterocycles. The number of carbonyl (C=O) groups is 1. The fourth-order valence-electron chi connectivity index (χ4n) is 3.01. The third-order valence-corrected chi connectivity index (χ3v) is 6.24. The van der Waals surface area contributed by atoms with E-state index in [1.807, 2.05) is 66.0 Å². The Morgan fingerprint density at radius 2 is 1.76 bits per heavy atom. The number of hydrogen-bond acceptors (Lipinski definition) is 5. The van der Waals surface area contributed by atoms with E-state index in [1.54, 1.807) is 29.2 Å². The SMILES string of the molecule is O=C(Cn1nc(-c2cccs2)c2ccccc2c1=O)NCCSc1ccccc1. The zero-order valence-corrected chi connectivity index (χ0v) is 17.2. The first-order chi connectivity index (χ1) is 14.2. The zero-order chi connectivity index (χ0) is 20.1. The summed E-state index contributed by atoms with van der Waals surface area (Å²) in [7, 11) is 0. The summed E-state index contributed by atoms with van der Waals surface area (Å²) in [4.78, 5) is 27.3. The molecule has 2 aromatic carbocycles. The van der Waals surface area contributed by atoms with Gasteiger partial charge in [0, 0.05) is 22.6 Å². The number of benzene rings is 2. The van der Waals surface area contributed by atoms with Crippen LogP contribution in [-0.4, -0.2) is 28.0 Å². The molecule has 0 spiro atoms. The molecule has 2 heterocycles. The van der Waals surface area contributed by atoms with Crippen molar-refractivity contribution in [3.8, 4) is 10.6 Å². The Kier molecular flexibility index (Phi) is 6.07. The van der Waals surface area contributed by atoms with Crippen LogP contribution in [0.25, 0.3) is 21.3 Å². The van der Waals surface area contributed by atoms with Crippen LogP contribution in [0.5, 0.6) is 0 Å². The first kappa shape index (κ1) is 19.4. The van der Waals surface area contributed by atoms with Gasteiger partial charge in [-0.25, -0.2) is 4.68 Å². The molecule has 146 valence electrons. The van der Waals surface area contributed by atoms with Gasteiger partial charge in [-0.05, 0) is 29.6 Å². The highest BCUT2D eigenvalue weighted by atomic mass is 32.2. The molecule has 0 saturated carbocycles. The molecule has 0 unspecified atom stereocenters. The van der Waals surface area contributed by atoms with E-state index >= 15 is 0 Å². The molecule has 0 fully saturated rings. The van der Waals surface area contributed by atoms with Gasteiger partial charge in [-0.15, -0.1) is 23.1 Å². The average molecular weight is 422 g/mol. The maximum Gasteiger partial charge on any atom is 0.275 e. The predicted molar refractivity (Wildman–Crippen MR) is 119 cm³/mol. The Morgan fingerprint density at radius 3 is 2.52 bits per heavy atom. The molecule has 1 amide bonds. The van der Waals surface area contributed by atoms with Crippen molar-refractivity contribution in [1.82, 2.24) is 15.1 Å². The van der Waals surface area contributed by atoms with E-state index in [0.717, 1.165) is 26.6 Å². The van der Waals surface area contributed by atoms with Crippen LogP contribution in [0, 0.1) is 0 Å². The number of nitrogens with one attached hydrogen (secondary N) is 1. The average Bonchev–Trinajstić information content (AvgIpc) is 3.29. The summed E-state index contributed by atoms with van der Waals surface area (Å²) < 4.78 is 1.26. The molecule has 0 radical (unpaired) electrons. The van der Waals surface area contributed by atoms with Crippen LogP contribution in [0.2, 0.25) is 0 Å². The number of aromatic nitrogens is 2. The van der Waals surface area contributed by atoms with E-state index in [9.17, 15) is 9.59 Å². The molecule has 0 aliphatic rings. The fourth-order valence-corrected chi connectivity index (χ4v) is 4.52. The van der Waals surface area contributed by atoms with Crippen molar-refractivity contribution in [2.45, 2.75) is 11.4 Å². The van der Waals surface area contributed by atoms with Crippen molar-refractivity contribution in [3.05, 3.63) is 82.5 Å². The van der Waals surface area contributed by atoms with Gasteiger partial charge < -0.3 is 5.32 Å². The van der Waals surface area contributed by atoms with Gasteiger partial charge in [-0.1, -0.05) is 42.5 Å². The van der Waals surface area contributed by atoms with Crippen LogP contribution in [0.4, 0.5) is 0 Å². The smallest absolute Gasteiger partial charge is 0.275 e. The van der Waals surface area contributed by atoms with Crippen molar-refractivity contribution in [3.63, 3.8) is 0 Å². The van der Waals surface area contributed by atoms with E-state index < -0.39 is 0 Å². The third kappa shape index (κ3) is 4.58. The molecule has 0 bridgehead atoms. The van der Waals surface area contributed by atoms with Crippen LogP contribution in [0.3, 0.4) is 0 Å². The number of amides is 1. The lowest BCUT2D eigenvalue weighted by Crippen LogP contribution is -2.35. The summed E-state index contributed by atoms with van der Waals surface area (Å²) in [6.45, 7) is 0.427. The van der Waals surface area contributed by atoms with Crippen molar-refractivity contribution in [2.75, 3.05) is 12.3 Å². The fraction of sp³-hybridized carbons (Fsp3) is 0.136. The summed E-state index contributed by atoms with van der Waals surface area (Å²) in [6.07, 6.45) is 0. The van der Waals surface area contributed by atoms with Gasteiger partial charge in [0.05, 0.1) is 10.3 Å². The van der Waals surface area contributed by atoms with Crippen molar-refractivity contribution in [2.24, 2.45) is 0 Å². The van der Waals surface area contributed by atoms with E-state index in [1.165, 1.54) is 4.68 Å². The van der Waals surface area contributed by atoms with Gasteiger partial charge in [-0.2, -0.15) is 5.10 Å². The lowest BCUT2D eigenvalue weighted by atomic mass is 10.1. The number of hydrogen-bond donors (Lipinski definition) is 1. The van der Waals surface area contributed by atoms with Gasteiger partial charge in [0.25, 0.3) is 5.56 Å². The monoisotopic (exact) mass is 421 g/mol. The van der Waals surface area contributed by atoms with Gasteiger partial charge in [0.2, 0.25) is 5.91 Å². The molecule has 0 aliphatic carbocycles. The highest BCUT2D eigenvalue weighted by Gasteiger charge is 2.14. The number of fused-ring (bicyclic) bond motifs is 1. The number of nitrogens with zero attached hydrogens (tertiary/aromatic N) is 2. The zero-order valence-electron chi connectivity index (χ0n) is 15.6. The first-order valence-corrected chi connectivity index (χ1v) is 11.1. The van der Waals surface area contributed by atoms with Gasteiger partial charge in [0.1, 0.15) is 12.2 Å². The van der Waals surface area contributed by atoms with E-state index in [0.29, 0.717) is 11.9 Å². The Hall–Kier alpha value is -2.90. The molecule has 1 N–H and O–H groups in total. The molecule has 2 aromatic heterocycles. The summed E-state index contributed by atoms with van der Waals surface area (Å²) in [5.74, 6) is 0.539. The maximum atomic E-state index is 12.8. The second-order valence-corrected chi connectivity index (χ2v) is 8.46. The molecule has 7 heteroatoms. The molecule has 5 nitrogen and oxygen atoms in total. The molecule has 0 atom stereocenters. The van der Waals surface area contributed by atoms with Crippen molar-refractivity contribution in [1.29, 1.82) is 0 Å². The van der Waals surface area contributed by atoms with Gasteiger partial charge >= 0.3 is 0 Å². The summed E-state index contributed by atoms with van der Waals surface area (Å²) in [5.41, 5.74) is 0.470. The Labute approximate surface area is 176 Å². The number of thioether (sulfide) groups is 1. The largest absolute Gasteiger partial charge is 0.354 e. The minimum atomic E-state index is -0.255. The molecular weight excluding hydrogens is 402 g/mol. The number of thiophene rings is 1. The molecular formula is C22H19N3O2S2. The Morgan fingerprint density at radius 1 is 1.00 bits per heavy atom. The molecule has 0 aliphatic heterocycles. The molecule has 4 aromatic rings. The topological polar surface area (TPSA) is 64.0 Å². The minimum Gasteiger partial charge on any atom is -0.354 e. The standard InChI is InChI=1S/C22H19N3O2S2/c26-20(23-12-14-28-16-7-2-1-3-8-16)15-25-22(27)18-10-5-4-9-17(18)21(24-25)19-11-6-13-29-19/h1-11,13H,12,14-15H2,(H,23,26). The van der Waals surface area contributed by atoms with Crippen LogP contribution >= 0.6 is 23.1 Å². The Bertz CT molecular complexity index is 1170. The number of rotatable bonds is 7. The second-order valence-electron chi connectivity index (χ2n) is 6.35. The Balaban J connectivity index is 1.48. The van der Waals surface area contributed by atoms with Crippen molar-refractivity contribution >= 4 is 39.8 Å². The lowest BCUT2D eigenvalue weighted by Gasteiger charge is -2.10. The van der Waals surface area contributed by atoms with Gasteiger partial charge in [0.15, 0.2) is 0 Å². The molecule has 4 rings (SSSR count). The second kappa shape index (κ2) is 9.07. The quantitative estimate of drug-likeness (QED) is 0.361. The maximum absolute atomic E-state index is 12.8. The first-order valence-electron chi connectivity index (χ1n) is 9.20. The van der Waals surface area contributed by atoms with E-state index in [2.05, 4.69) is 10.4 Å². The third-order valence-electron chi connectivity index (χ3n) is 4.35. The van der Waals surface area contributed by atoms with Crippen LogP contribution in [0.15, 0.2) is 81.8 Å². The van der Waals surface area contributed by atoms with Crippen LogP contribution < -0.4 is 10.9 Å². The van der Waals surface area contributed by atoms with Crippen LogP contribution in [0.1, 0.15) is 0 Å².